The fraction of sp³-hybridized carbons (Fsp3) is 0.278. The van der Waals surface area contributed by atoms with E-state index in [1.54, 1.807) is 36.5 Å². The maximum atomic E-state index is 11.0. The van der Waals surface area contributed by atoms with Gasteiger partial charge in [-0.15, -0.1) is 0 Å². The van der Waals surface area contributed by atoms with Crippen LogP contribution in [0.15, 0.2) is 42.6 Å². The summed E-state index contributed by atoms with van der Waals surface area (Å²) in [5, 5.41) is 16.4. The fourth-order valence-corrected chi connectivity index (χ4v) is 2.83. The Morgan fingerprint density at radius 3 is 2.60 bits per heavy atom. The first kappa shape index (κ1) is 16.8. The third kappa shape index (κ3) is 4.06. The number of nitrogens with one attached hydrogen (secondary N) is 1. The van der Waals surface area contributed by atoms with Gasteiger partial charge >= 0.3 is 5.97 Å². The first-order valence-corrected chi connectivity index (χ1v) is 8.08. The molecule has 2 aromatic rings. The first-order valence-electron chi connectivity index (χ1n) is 8.08. The molecule has 0 saturated carbocycles. The van der Waals surface area contributed by atoms with Crippen LogP contribution in [0.5, 0.6) is 5.75 Å². The Morgan fingerprint density at radius 1 is 1.24 bits per heavy atom. The number of hydrogen-bond donors (Lipinski definition) is 3. The number of nitrogen functional groups attached to an aromatic ring is 1. The number of carboxylic acids is 1. The summed E-state index contributed by atoms with van der Waals surface area (Å²) < 4.78 is 5.93. The average Bonchev–Trinajstić information content (AvgIpc) is 2.63. The van der Waals surface area contributed by atoms with Gasteiger partial charge < -0.3 is 20.5 Å². The number of piperidine rings is 1. The van der Waals surface area contributed by atoms with Crippen molar-refractivity contribution in [1.29, 1.82) is 5.41 Å². The summed E-state index contributed by atoms with van der Waals surface area (Å²) in [7, 11) is 0. The van der Waals surface area contributed by atoms with Crippen molar-refractivity contribution in [2.24, 2.45) is 5.73 Å². The van der Waals surface area contributed by atoms with Crippen LogP contribution < -0.4 is 15.4 Å². The van der Waals surface area contributed by atoms with E-state index in [4.69, 9.17) is 21.0 Å². The molecule has 0 spiro atoms. The monoisotopic (exact) mass is 340 g/mol. The standard InChI is InChI=1S/C18H20N4O3/c19-17(20)13-4-5-16(21-11-13)22-8-6-14(7-9-22)25-15-3-1-2-12(10-15)18(23)24/h1-5,10-11,14H,6-9H2,(H3,19,20)(H,23,24). The third-order valence-electron chi connectivity index (χ3n) is 4.21. The third-order valence-corrected chi connectivity index (χ3v) is 4.21. The van der Waals surface area contributed by atoms with Crippen LogP contribution in [0.3, 0.4) is 0 Å². The van der Waals surface area contributed by atoms with Crippen LogP contribution >= 0.6 is 0 Å². The Bertz CT molecular complexity index is 768. The van der Waals surface area contributed by atoms with E-state index in [1.165, 1.54) is 0 Å². The van der Waals surface area contributed by atoms with Crippen molar-refractivity contribution in [1.82, 2.24) is 4.98 Å². The van der Waals surface area contributed by atoms with Crippen LogP contribution in [-0.2, 0) is 0 Å². The number of aromatic carboxylic acids is 1. The maximum Gasteiger partial charge on any atom is 0.335 e. The predicted molar refractivity (Wildman–Crippen MR) is 94.5 cm³/mol. The van der Waals surface area contributed by atoms with E-state index in [0.29, 0.717) is 11.3 Å². The molecular weight excluding hydrogens is 320 g/mol. The Kier molecular flexibility index (Phi) is 4.83. The molecule has 0 unspecified atom stereocenters. The minimum atomic E-state index is -0.958. The summed E-state index contributed by atoms with van der Waals surface area (Å²) in [5.41, 5.74) is 6.28. The van der Waals surface area contributed by atoms with E-state index >= 15 is 0 Å². The van der Waals surface area contributed by atoms with Crippen LogP contribution in [0.2, 0.25) is 0 Å². The van der Waals surface area contributed by atoms with E-state index < -0.39 is 5.97 Å². The molecule has 3 rings (SSSR count). The van der Waals surface area contributed by atoms with E-state index in [-0.39, 0.29) is 17.5 Å². The highest BCUT2D eigenvalue weighted by molar-refractivity contribution is 5.94. The van der Waals surface area contributed by atoms with Crippen molar-refractivity contribution >= 4 is 17.6 Å². The number of nitrogens with zero attached hydrogens (tertiary/aromatic N) is 2. The highest BCUT2D eigenvalue weighted by Gasteiger charge is 2.21. The molecule has 2 heterocycles. The van der Waals surface area contributed by atoms with Crippen molar-refractivity contribution in [3.63, 3.8) is 0 Å². The molecule has 1 aliphatic heterocycles. The quantitative estimate of drug-likeness (QED) is 0.567. The van der Waals surface area contributed by atoms with Gasteiger partial charge in [-0.25, -0.2) is 9.78 Å². The van der Waals surface area contributed by atoms with Crippen LogP contribution in [0.1, 0.15) is 28.8 Å². The number of rotatable bonds is 5. The lowest BCUT2D eigenvalue weighted by Gasteiger charge is -2.33. The zero-order valence-electron chi connectivity index (χ0n) is 13.7. The minimum absolute atomic E-state index is 0.00903. The van der Waals surface area contributed by atoms with Gasteiger partial charge in [0.05, 0.1) is 5.56 Å². The number of carboxylic acid groups (broad SMARTS) is 1. The van der Waals surface area contributed by atoms with E-state index in [9.17, 15) is 4.79 Å². The number of carbonyl (C=O) groups is 1. The van der Waals surface area contributed by atoms with E-state index in [0.717, 1.165) is 31.7 Å². The van der Waals surface area contributed by atoms with Gasteiger partial charge in [-0.1, -0.05) is 6.07 Å². The molecule has 7 nitrogen and oxygen atoms in total. The number of anilines is 1. The lowest BCUT2D eigenvalue weighted by atomic mass is 10.1. The molecule has 1 aromatic carbocycles. The Hall–Kier alpha value is -3.09. The minimum Gasteiger partial charge on any atom is -0.490 e. The molecule has 0 radical (unpaired) electrons. The topological polar surface area (TPSA) is 113 Å². The average molecular weight is 340 g/mol. The lowest BCUT2D eigenvalue weighted by Crippen LogP contribution is -2.38. The summed E-state index contributed by atoms with van der Waals surface area (Å²) in [5.74, 6) is 0.494. The summed E-state index contributed by atoms with van der Waals surface area (Å²) in [6.45, 7) is 1.60. The highest BCUT2D eigenvalue weighted by atomic mass is 16.5. The molecule has 1 aliphatic rings. The Balaban J connectivity index is 1.57. The van der Waals surface area contributed by atoms with Crippen molar-refractivity contribution in [3.05, 3.63) is 53.7 Å². The lowest BCUT2D eigenvalue weighted by molar-refractivity contribution is 0.0695. The molecule has 130 valence electrons. The highest BCUT2D eigenvalue weighted by Crippen LogP contribution is 2.23. The number of ether oxygens (including phenoxy) is 1. The molecule has 0 amide bonds. The molecule has 7 heteroatoms. The Morgan fingerprint density at radius 2 is 2.00 bits per heavy atom. The van der Waals surface area contributed by atoms with Crippen LogP contribution in [0, 0.1) is 5.41 Å². The van der Waals surface area contributed by atoms with Crippen LogP contribution in [-0.4, -0.2) is 41.1 Å². The van der Waals surface area contributed by atoms with Crippen molar-refractivity contribution in [2.45, 2.75) is 18.9 Å². The first-order chi connectivity index (χ1) is 12.0. The molecule has 1 saturated heterocycles. The van der Waals surface area contributed by atoms with Gasteiger partial charge in [-0.2, -0.15) is 0 Å². The van der Waals surface area contributed by atoms with Crippen LogP contribution in [0.25, 0.3) is 0 Å². The van der Waals surface area contributed by atoms with Gasteiger partial charge in [0.25, 0.3) is 0 Å². The normalized spacial score (nSPS) is 15.0. The van der Waals surface area contributed by atoms with Crippen molar-refractivity contribution in [3.8, 4) is 5.75 Å². The van der Waals surface area contributed by atoms with Gasteiger partial charge in [0.1, 0.15) is 23.5 Å². The molecule has 0 atom stereocenters. The summed E-state index contributed by atoms with van der Waals surface area (Å²) >= 11 is 0. The molecule has 25 heavy (non-hydrogen) atoms. The smallest absolute Gasteiger partial charge is 0.335 e. The second kappa shape index (κ2) is 7.21. The second-order valence-corrected chi connectivity index (χ2v) is 5.96. The van der Waals surface area contributed by atoms with Gasteiger partial charge in [0, 0.05) is 37.7 Å². The molecule has 0 aliphatic carbocycles. The number of aromatic nitrogens is 1. The van der Waals surface area contributed by atoms with E-state index in [2.05, 4.69) is 9.88 Å². The fourth-order valence-electron chi connectivity index (χ4n) is 2.83. The number of amidine groups is 1. The predicted octanol–water partition coefficient (Wildman–Crippen LogP) is 2.11. The molecule has 0 bridgehead atoms. The van der Waals surface area contributed by atoms with E-state index in [1.807, 2.05) is 6.07 Å². The van der Waals surface area contributed by atoms with Gasteiger partial charge in [-0.05, 0) is 30.3 Å². The summed E-state index contributed by atoms with van der Waals surface area (Å²) in [6.07, 6.45) is 3.32. The van der Waals surface area contributed by atoms with Crippen molar-refractivity contribution in [2.75, 3.05) is 18.0 Å². The zero-order chi connectivity index (χ0) is 17.8. The molecule has 1 fully saturated rings. The molecule has 1 aromatic heterocycles. The van der Waals surface area contributed by atoms with Crippen molar-refractivity contribution < 1.29 is 14.6 Å². The summed E-state index contributed by atoms with van der Waals surface area (Å²) in [4.78, 5) is 17.5. The van der Waals surface area contributed by atoms with Gasteiger partial charge in [0.15, 0.2) is 0 Å². The SMILES string of the molecule is N=C(N)c1ccc(N2CCC(Oc3cccc(C(=O)O)c3)CC2)nc1. The number of nitrogens with two attached hydrogens (primary N) is 1. The number of pyridine rings is 1. The van der Waals surface area contributed by atoms with Crippen LogP contribution in [0.4, 0.5) is 5.82 Å². The van der Waals surface area contributed by atoms with Gasteiger partial charge in [0.2, 0.25) is 0 Å². The summed E-state index contributed by atoms with van der Waals surface area (Å²) in [6, 6.07) is 10.2. The molecular formula is C18H20N4O3. The van der Waals surface area contributed by atoms with Gasteiger partial charge in [-0.3, -0.25) is 5.41 Å². The second-order valence-electron chi connectivity index (χ2n) is 5.96. The molecule has 4 N–H and O–H groups in total. The maximum absolute atomic E-state index is 11.0. The Labute approximate surface area is 145 Å². The number of benzene rings is 1. The number of hydrogen-bond acceptors (Lipinski definition) is 5. The largest absolute Gasteiger partial charge is 0.490 e. The zero-order valence-corrected chi connectivity index (χ0v) is 13.7.